The Morgan fingerprint density at radius 2 is 1.86 bits per heavy atom. The molecule has 0 atom stereocenters. The van der Waals surface area contributed by atoms with Crippen molar-refractivity contribution in [2.75, 3.05) is 5.32 Å². The Kier molecular flexibility index (Phi) is 5.68. The van der Waals surface area contributed by atoms with Crippen LogP contribution in [0.15, 0.2) is 46.9 Å². The molecule has 0 aromatic heterocycles. The summed E-state index contributed by atoms with van der Waals surface area (Å²) in [4.78, 5) is 0. The lowest BCUT2D eigenvalue weighted by Crippen LogP contribution is -2.09. The summed E-state index contributed by atoms with van der Waals surface area (Å²) in [5, 5.41) is 3.52. The van der Waals surface area contributed by atoms with E-state index in [1.165, 1.54) is 16.8 Å². The smallest absolute Gasteiger partial charge is 0.124 e. The molecule has 21 heavy (non-hydrogen) atoms. The minimum absolute atomic E-state index is 0.185. The molecular weight excluding hydrogens is 326 g/mol. The number of hydrogen-bond acceptors (Lipinski definition) is 2. The Morgan fingerprint density at radius 1 is 1.10 bits per heavy atom. The van der Waals surface area contributed by atoms with Crippen LogP contribution in [0, 0.1) is 0 Å². The van der Waals surface area contributed by atoms with Gasteiger partial charge in [0.25, 0.3) is 0 Å². The quantitative estimate of drug-likeness (QED) is 0.754. The zero-order valence-corrected chi connectivity index (χ0v) is 14.4. The first-order chi connectivity index (χ1) is 10.1. The fraction of sp³-hybridized carbons (Fsp3) is 0.333. The van der Waals surface area contributed by atoms with Crippen molar-refractivity contribution in [3.63, 3.8) is 0 Å². The fourth-order valence-electron chi connectivity index (χ4n) is 2.24. The molecule has 0 fully saturated rings. The van der Waals surface area contributed by atoms with Crippen molar-refractivity contribution in [2.45, 2.75) is 39.8 Å². The van der Waals surface area contributed by atoms with Gasteiger partial charge in [-0.1, -0.05) is 41.1 Å². The summed E-state index contributed by atoms with van der Waals surface area (Å²) in [6, 6.07) is 14.5. The summed E-state index contributed by atoms with van der Waals surface area (Å²) in [5.74, 6) is 0.954. The zero-order valence-electron chi connectivity index (χ0n) is 12.8. The Balaban J connectivity index is 2.13. The summed E-state index contributed by atoms with van der Waals surface area (Å²) in [7, 11) is 0. The van der Waals surface area contributed by atoms with Gasteiger partial charge in [0.2, 0.25) is 0 Å². The van der Waals surface area contributed by atoms with Gasteiger partial charge in [0.05, 0.1) is 6.10 Å². The third-order valence-corrected chi connectivity index (χ3v) is 3.75. The predicted molar refractivity (Wildman–Crippen MR) is 93.1 cm³/mol. The average molecular weight is 348 g/mol. The highest BCUT2D eigenvalue weighted by Gasteiger charge is 2.06. The van der Waals surface area contributed by atoms with Crippen LogP contribution in [-0.2, 0) is 13.0 Å². The second kappa shape index (κ2) is 7.51. The van der Waals surface area contributed by atoms with Crippen LogP contribution in [0.4, 0.5) is 5.69 Å². The minimum atomic E-state index is 0.185. The van der Waals surface area contributed by atoms with E-state index in [9.17, 15) is 0 Å². The summed E-state index contributed by atoms with van der Waals surface area (Å²) >= 11 is 3.52. The highest BCUT2D eigenvalue weighted by atomic mass is 79.9. The Bertz CT molecular complexity index is 596. The number of para-hydroxylation sites is 1. The number of anilines is 1. The number of ether oxygens (including phenoxy) is 1. The number of aryl methyl sites for hydroxylation is 1. The van der Waals surface area contributed by atoms with E-state index in [1.807, 2.05) is 32.0 Å². The van der Waals surface area contributed by atoms with Crippen LogP contribution in [-0.4, -0.2) is 6.10 Å². The molecule has 0 radical (unpaired) electrons. The minimum Gasteiger partial charge on any atom is -0.491 e. The number of halogens is 1. The molecule has 1 N–H and O–H groups in total. The molecule has 0 spiro atoms. The van der Waals surface area contributed by atoms with Gasteiger partial charge in [0.1, 0.15) is 5.75 Å². The first kappa shape index (κ1) is 15.9. The normalized spacial score (nSPS) is 10.7. The lowest BCUT2D eigenvalue weighted by atomic mass is 10.1. The van der Waals surface area contributed by atoms with E-state index in [0.717, 1.165) is 23.2 Å². The summed E-state index contributed by atoms with van der Waals surface area (Å²) in [6.45, 7) is 7.03. The van der Waals surface area contributed by atoms with Crippen LogP contribution in [0.2, 0.25) is 0 Å². The van der Waals surface area contributed by atoms with Crippen LogP contribution in [0.25, 0.3) is 0 Å². The monoisotopic (exact) mass is 347 g/mol. The topological polar surface area (TPSA) is 21.3 Å². The molecule has 0 saturated carbocycles. The first-order valence-electron chi connectivity index (χ1n) is 7.37. The molecule has 0 unspecified atom stereocenters. The van der Waals surface area contributed by atoms with Crippen LogP contribution in [0.5, 0.6) is 5.75 Å². The SMILES string of the molecule is CCc1cc(Br)ccc1NCc1ccccc1OC(C)C. The molecule has 0 saturated heterocycles. The van der Waals surface area contributed by atoms with Crippen molar-refractivity contribution in [2.24, 2.45) is 0 Å². The van der Waals surface area contributed by atoms with Gasteiger partial charge in [-0.15, -0.1) is 0 Å². The van der Waals surface area contributed by atoms with E-state index in [-0.39, 0.29) is 6.10 Å². The molecule has 0 heterocycles. The molecule has 2 aromatic carbocycles. The molecular formula is C18H22BrNO. The van der Waals surface area contributed by atoms with E-state index in [2.05, 4.69) is 52.4 Å². The van der Waals surface area contributed by atoms with Crippen molar-refractivity contribution in [3.05, 3.63) is 58.1 Å². The summed E-state index contributed by atoms with van der Waals surface area (Å²) in [6.07, 6.45) is 1.19. The van der Waals surface area contributed by atoms with Gasteiger partial charge < -0.3 is 10.1 Å². The van der Waals surface area contributed by atoms with Gasteiger partial charge in [-0.25, -0.2) is 0 Å². The maximum Gasteiger partial charge on any atom is 0.124 e. The van der Waals surface area contributed by atoms with Gasteiger partial charge in [-0.05, 0) is 50.1 Å². The van der Waals surface area contributed by atoms with Crippen molar-refractivity contribution in [1.82, 2.24) is 0 Å². The number of nitrogens with one attached hydrogen (secondary N) is 1. The van der Waals surface area contributed by atoms with Gasteiger partial charge in [-0.2, -0.15) is 0 Å². The van der Waals surface area contributed by atoms with E-state index >= 15 is 0 Å². The molecule has 2 aromatic rings. The van der Waals surface area contributed by atoms with Crippen molar-refractivity contribution in [3.8, 4) is 5.75 Å². The average Bonchev–Trinajstić information content (AvgIpc) is 2.46. The van der Waals surface area contributed by atoms with Crippen molar-refractivity contribution >= 4 is 21.6 Å². The maximum atomic E-state index is 5.86. The zero-order chi connectivity index (χ0) is 15.2. The molecule has 0 amide bonds. The molecule has 0 bridgehead atoms. The molecule has 2 rings (SSSR count). The number of benzene rings is 2. The van der Waals surface area contributed by atoms with Crippen molar-refractivity contribution < 1.29 is 4.74 Å². The van der Waals surface area contributed by atoms with E-state index in [4.69, 9.17) is 4.74 Å². The molecule has 112 valence electrons. The third kappa shape index (κ3) is 4.50. The van der Waals surface area contributed by atoms with Gasteiger partial charge >= 0.3 is 0 Å². The highest BCUT2D eigenvalue weighted by Crippen LogP contribution is 2.24. The summed E-state index contributed by atoms with van der Waals surface area (Å²) < 4.78 is 6.98. The molecule has 0 aliphatic carbocycles. The fourth-order valence-corrected chi connectivity index (χ4v) is 2.64. The maximum absolute atomic E-state index is 5.86. The lowest BCUT2D eigenvalue weighted by molar-refractivity contribution is 0.240. The second-order valence-electron chi connectivity index (χ2n) is 5.28. The second-order valence-corrected chi connectivity index (χ2v) is 6.20. The van der Waals surface area contributed by atoms with E-state index in [1.54, 1.807) is 0 Å². The third-order valence-electron chi connectivity index (χ3n) is 3.25. The standard InChI is InChI=1S/C18H22BrNO/c1-4-14-11-16(19)9-10-17(14)20-12-15-7-5-6-8-18(15)21-13(2)3/h5-11,13,20H,4,12H2,1-3H3. The predicted octanol–water partition coefficient (Wildman–Crippen LogP) is 5.41. The first-order valence-corrected chi connectivity index (χ1v) is 8.16. The van der Waals surface area contributed by atoms with Crippen LogP contribution >= 0.6 is 15.9 Å². The van der Waals surface area contributed by atoms with Crippen LogP contribution in [0.1, 0.15) is 31.9 Å². The Morgan fingerprint density at radius 3 is 2.57 bits per heavy atom. The van der Waals surface area contributed by atoms with Gasteiger partial charge in [0, 0.05) is 22.3 Å². The Labute approximate surface area is 135 Å². The van der Waals surface area contributed by atoms with Crippen LogP contribution in [0.3, 0.4) is 0 Å². The number of rotatable bonds is 6. The lowest BCUT2D eigenvalue weighted by Gasteiger charge is -2.16. The Hall–Kier alpha value is -1.48. The molecule has 3 heteroatoms. The van der Waals surface area contributed by atoms with Gasteiger partial charge in [-0.3, -0.25) is 0 Å². The highest BCUT2D eigenvalue weighted by molar-refractivity contribution is 9.10. The van der Waals surface area contributed by atoms with E-state index in [0.29, 0.717) is 0 Å². The molecule has 0 aliphatic heterocycles. The largest absolute Gasteiger partial charge is 0.491 e. The van der Waals surface area contributed by atoms with Gasteiger partial charge in [0.15, 0.2) is 0 Å². The van der Waals surface area contributed by atoms with Crippen LogP contribution < -0.4 is 10.1 Å². The molecule has 0 aliphatic rings. The van der Waals surface area contributed by atoms with E-state index < -0.39 is 0 Å². The molecule has 2 nitrogen and oxygen atoms in total. The number of hydrogen-bond donors (Lipinski definition) is 1. The summed E-state index contributed by atoms with van der Waals surface area (Å²) in [5.41, 5.74) is 3.67. The van der Waals surface area contributed by atoms with Crippen molar-refractivity contribution in [1.29, 1.82) is 0 Å².